The summed E-state index contributed by atoms with van der Waals surface area (Å²) in [6.07, 6.45) is 0.323. The van der Waals surface area contributed by atoms with Gasteiger partial charge in [-0.1, -0.05) is 6.92 Å². The minimum Gasteiger partial charge on any atom is -0.481 e. The lowest BCUT2D eigenvalue weighted by Gasteiger charge is -2.09. The van der Waals surface area contributed by atoms with Crippen LogP contribution in [0.5, 0.6) is 0 Å². The predicted molar refractivity (Wildman–Crippen MR) is 63.0 cm³/mol. The van der Waals surface area contributed by atoms with Gasteiger partial charge in [-0.25, -0.2) is 4.39 Å². The van der Waals surface area contributed by atoms with Crippen molar-refractivity contribution in [3.8, 4) is 0 Å². The fraction of sp³-hybridized carbons (Fsp3) is 0.364. The van der Waals surface area contributed by atoms with Crippen LogP contribution in [-0.2, 0) is 4.79 Å². The van der Waals surface area contributed by atoms with Crippen LogP contribution in [0.4, 0.5) is 15.8 Å². The Morgan fingerprint density at radius 3 is 2.83 bits per heavy atom. The van der Waals surface area contributed by atoms with Crippen molar-refractivity contribution in [3.63, 3.8) is 0 Å². The zero-order valence-corrected chi connectivity index (χ0v) is 9.72. The highest BCUT2D eigenvalue weighted by atomic mass is 19.1. The number of carbonyl (C=O) groups is 1. The summed E-state index contributed by atoms with van der Waals surface area (Å²) in [5.41, 5.74) is -0.183. The maximum Gasteiger partial charge on any atom is 0.306 e. The first-order valence-electron chi connectivity index (χ1n) is 5.32. The van der Waals surface area contributed by atoms with Gasteiger partial charge in [-0.2, -0.15) is 0 Å². The SMILES string of the molecule is CC(CCNc1ccc(F)cc1[N+](=O)[O-])C(=O)O. The van der Waals surface area contributed by atoms with E-state index < -0.39 is 22.6 Å². The van der Waals surface area contributed by atoms with Crippen LogP contribution in [0, 0.1) is 21.8 Å². The molecule has 1 aromatic carbocycles. The van der Waals surface area contributed by atoms with Crippen molar-refractivity contribution in [2.45, 2.75) is 13.3 Å². The number of hydrogen-bond acceptors (Lipinski definition) is 4. The van der Waals surface area contributed by atoms with Gasteiger partial charge in [0.2, 0.25) is 0 Å². The minimum absolute atomic E-state index is 0.180. The van der Waals surface area contributed by atoms with Gasteiger partial charge in [-0.3, -0.25) is 14.9 Å². The number of halogens is 1. The van der Waals surface area contributed by atoms with Crippen molar-refractivity contribution in [3.05, 3.63) is 34.1 Å². The summed E-state index contributed by atoms with van der Waals surface area (Å²) in [7, 11) is 0. The molecule has 1 rings (SSSR count). The van der Waals surface area contributed by atoms with Crippen molar-refractivity contribution in [2.75, 3.05) is 11.9 Å². The Balaban J connectivity index is 2.67. The van der Waals surface area contributed by atoms with E-state index in [4.69, 9.17) is 5.11 Å². The normalized spacial score (nSPS) is 11.9. The fourth-order valence-electron chi connectivity index (χ4n) is 1.35. The molecule has 0 aliphatic rings. The van der Waals surface area contributed by atoms with Gasteiger partial charge < -0.3 is 10.4 Å². The van der Waals surface area contributed by atoms with Crippen LogP contribution in [0.1, 0.15) is 13.3 Å². The molecule has 0 bridgehead atoms. The Labute approximate surface area is 103 Å². The summed E-state index contributed by atoms with van der Waals surface area (Å²) in [6, 6.07) is 3.19. The number of nitro groups is 1. The number of nitrogens with one attached hydrogen (secondary N) is 1. The van der Waals surface area contributed by atoms with Crippen molar-refractivity contribution in [2.24, 2.45) is 5.92 Å². The number of benzene rings is 1. The number of carboxylic acid groups (broad SMARTS) is 1. The van der Waals surface area contributed by atoms with Crippen LogP contribution in [0.2, 0.25) is 0 Å². The highest BCUT2D eigenvalue weighted by Crippen LogP contribution is 2.25. The first-order valence-corrected chi connectivity index (χ1v) is 5.32. The molecule has 98 valence electrons. The lowest BCUT2D eigenvalue weighted by Crippen LogP contribution is -2.14. The topological polar surface area (TPSA) is 92.5 Å². The lowest BCUT2D eigenvalue weighted by molar-refractivity contribution is -0.384. The van der Waals surface area contributed by atoms with Crippen LogP contribution in [0.25, 0.3) is 0 Å². The summed E-state index contributed by atoms with van der Waals surface area (Å²) in [4.78, 5) is 20.6. The molecule has 0 fully saturated rings. The molecule has 18 heavy (non-hydrogen) atoms. The number of nitrogens with zero attached hydrogens (tertiary/aromatic N) is 1. The van der Waals surface area contributed by atoms with E-state index in [2.05, 4.69) is 5.32 Å². The summed E-state index contributed by atoms with van der Waals surface area (Å²) in [6.45, 7) is 1.81. The Morgan fingerprint density at radius 2 is 2.28 bits per heavy atom. The van der Waals surface area contributed by atoms with Crippen molar-refractivity contribution in [1.29, 1.82) is 0 Å². The largest absolute Gasteiger partial charge is 0.481 e. The molecule has 2 N–H and O–H groups in total. The lowest BCUT2D eigenvalue weighted by atomic mass is 10.1. The average Bonchev–Trinajstić information content (AvgIpc) is 2.30. The van der Waals surface area contributed by atoms with Gasteiger partial charge >= 0.3 is 5.97 Å². The molecule has 6 nitrogen and oxygen atoms in total. The van der Waals surface area contributed by atoms with E-state index in [1.54, 1.807) is 6.92 Å². The zero-order chi connectivity index (χ0) is 13.7. The van der Waals surface area contributed by atoms with E-state index >= 15 is 0 Å². The number of aliphatic carboxylic acids is 1. The molecular weight excluding hydrogens is 243 g/mol. The van der Waals surface area contributed by atoms with E-state index in [-0.39, 0.29) is 17.9 Å². The Bertz CT molecular complexity index is 464. The molecule has 7 heteroatoms. The molecule has 0 saturated carbocycles. The van der Waals surface area contributed by atoms with Gasteiger partial charge in [0.05, 0.1) is 16.9 Å². The minimum atomic E-state index is -0.926. The smallest absolute Gasteiger partial charge is 0.306 e. The molecule has 1 unspecified atom stereocenters. The Morgan fingerprint density at radius 1 is 1.61 bits per heavy atom. The summed E-state index contributed by atoms with van der Waals surface area (Å²) in [5.74, 6) is -2.16. The van der Waals surface area contributed by atoms with Crippen LogP contribution < -0.4 is 5.32 Å². The van der Waals surface area contributed by atoms with E-state index in [0.29, 0.717) is 6.42 Å². The quantitative estimate of drug-likeness (QED) is 0.601. The number of rotatable bonds is 6. The third kappa shape index (κ3) is 3.69. The molecule has 1 aromatic rings. The highest BCUT2D eigenvalue weighted by Gasteiger charge is 2.15. The van der Waals surface area contributed by atoms with Crippen molar-refractivity contribution < 1.29 is 19.2 Å². The molecular formula is C11H13FN2O4. The molecule has 0 aromatic heterocycles. The standard InChI is InChI=1S/C11H13FN2O4/c1-7(11(15)16)4-5-13-9-3-2-8(12)6-10(9)14(17)18/h2-3,6-7,13H,4-5H2,1H3,(H,15,16). The Kier molecular flexibility index (Phi) is 4.59. The highest BCUT2D eigenvalue weighted by molar-refractivity contribution is 5.69. The third-order valence-corrected chi connectivity index (χ3v) is 2.47. The average molecular weight is 256 g/mol. The van der Waals surface area contributed by atoms with Gasteiger partial charge in [0.1, 0.15) is 11.5 Å². The number of hydrogen-bond donors (Lipinski definition) is 2. The summed E-state index contributed by atoms with van der Waals surface area (Å²) >= 11 is 0. The Hall–Kier alpha value is -2.18. The second-order valence-electron chi connectivity index (χ2n) is 3.87. The van der Waals surface area contributed by atoms with Crippen LogP contribution in [0.15, 0.2) is 18.2 Å². The van der Waals surface area contributed by atoms with Crippen LogP contribution >= 0.6 is 0 Å². The molecule has 0 aliphatic heterocycles. The molecule has 0 heterocycles. The molecule has 0 amide bonds. The fourth-order valence-corrected chi connectivity index (χ4v) is 1.35. The molecule has 0 saturated heterocycles. The first-order chi connectivity index (χ1) is 8.41. The number of nitro benzene ring substituents is 1. The zero-order valence-electron chi connectivity index (χ0n) is 9.72. The molecule has 0 spiro atoms. The van der Waals surface area contributed by atoms with Gasteiger partial charge in [-0.15, -0.1) is 0 Å². The second kappa shape index (κ2) is 5.95. The molecule has 0 radical (unpaired) electrons. The van der Waals surface area contributed by atoms with Crippen LogP contribution in [0.3, 0.4) is 0 Å². The van der Waals surface area contributed by atoms with E-state index in [1.807, 2.05) is 0 Å². The summed E-state index contributed by atoms with van der Waals surface area (Å²) in [5, 5.41) is 22.1. The number of anilines is 1. The maximum absolute atomic E-state index is 12.9. The summed E-state index contributed by atoms with van der Waals surface area (Å²) < 4.78 is 12.9. The van der Waals surface area contributed by atoms with Gasteiger partial charge in [0, 0.05) is 6.54 Å². The van der Waals surface area contributed by atoms with E-state index in [9.17, 15) is 19.3 Å². The van der Waals surface area contributed by atoms with Crippen molar-refractivity contribution >= 4 is 17.3 Å². The van der Waals surface area contributed by atoms with E-state index in [1.165, 1.54) is 6.07 Å². The predicted octanol–water partition coefficient (Wildman–Crippen LogP) is 2.26. The first kappa shape index (κ1) is 13.9. The van der Waals surface area contributed by atoms with Gasteiger partial charge in [0.25, 0.3) is 5.69 Å². The van der Waals surface area contributed by atoms with Crippen molar-refractivity contribution in [1.82, 2.24) is 0 Å². The monoisotopic (exact) mass is 256 g/mol. The van der Waals surface area contributed by atoms with Gasteiger partial charge in [0.15, 0.2) is 0 Å². The molecule has 0 aliphatic carbocycles. The van der Waals surface area contributed by atoms with Crippen LogP contribution in [-0.4, -0.2) is 22.5 Å². The van der Waals surface area contributed by atoms with E-state index in [0.717, 1.165) is 12.1 Å². The third-order valence-electron chi connectivity index (χ3n) is 2.47. The maximum atomic E-state index is 12.9. The molecule has 1 atom stereocenters. The second-order valence-corrected chi connectivity index (χ2v) is 3.87. The number of carboxylic acids is 1. The van der Waals surface area contributed by atoms with Gasteiger partial charge in [-0.05, 0) is 18.6 Å².